The van der Waals surface area contributed by atoms with E-state index in [1.807, 2.05) is 0 Å². The highest BCUT2D eigenvalue weighted by Crippen LogP contribution is 2.45. The molecule has 1 N–H and O–H groups in total. The number of hydrogen-bond donors (Lipinski definition) is 1. The van der Waals surface area contributed by atoms with E-state index in [1.54, 1.807) is 0 Å². The van der Waals surface area contributed by atoms with Gasteiger partial charge in [0.1, 0.15) is 12.2 Å². The molecule has 0 bridgehead atoms. The fourth-order valence-corrected chi connectivity index (χ4v) is 3.80. The smallest absolute Gasteiger partial charge is 0.308 e. The van der Waals surface area contributed by atoms with E-state index in [0.717, 1.165) is 6.92 Å². The minimum atomic E-state index is -3.50. The zero-order chi connectivity index (χ0) is 34.4. The second-order valence-corrected chi connectivity index (χ2v) is 7.45. The number of carbonyl (C=O) groups excluding carboxylic acids is 2. The molecule has 2 aliphatic carbocycles. The van der Waals surface area contributed by atoms with E-state index in [9.17, 15) is 14.7 Å². The van der Waals surface area contributed by atoms with Crippen LogP contribution >= 0.6 is 0 Å². The van der Waals surface area contributed by atoms with Crippen LogP contribution in [0.4, 0.5) is 0 Å². The largest absolute Gasteiger partial charge is 0.462 e. The summed E-state index contributed by atoms with van der Waals surface area (Å²) in [6.07, 6.45) is -14.9. The molecule has 1 heterocycles. The molecule has 0 aromatic carbocycles. The van der Waals surface area contributed by atoms with Crippen molar-refractivity contribution in [3.05, 3.63) is 23.7 Å². The van der Waals surface area contributed by atoms with Gasteiger partial charge in [-0.2, -0.15) is 0 Å². The second-order valence-electron chi connectivity index (χ2n) is 7.45. The van der Waals surface area contributed by atoms with Gasteiger partial charge in [0.2, 0.25) is 0 Å². The summed E-state index contributed by atoms with van der Waals surface area (Å²) in [6.45, 7) is -0.656. The van der Waals surface area contributed by atoms with E-state index in [1.165, 1.54) is 6.92 Å². The molecule has 162 valence electrons. The Labute approximate surface area is 195 Å². The molecule has 8 atom stereocenters. The maximum atomic E-state index is 13.4. The van der Waals surface area contributed by atoms with Crippen molar-refractivity contribution in [1.29, 1.82) is 0 Å². The van der Waals surface area contributed by atoms with E-state index in [0.29, 0.717) is 6.92 Å². The van der Waals surface area contributed by atoms with Crippen LogP contribution in [0, 0.1) is 29.5 Å². The predicted molar refractivity (Wildman–Crippen MR) is 111 cm³/mol. The fourth-order valence-electron chi connectivity index (χ4n) is 3.80. The summed E-state index contributed by atoms with van der Waals surface area (Å²) in [4.78, 5) is 25.5. The molecule has 0 aromatic rings. The van der Waals surface area contributed by atoms with Crippen molar-refractivity contribution in [1.82, 2.24) is 0 Å². The van der Waals surface area contributed by atoms with Gasteiger partial charge < -0.3 is 14.6 Å². The van der Waals surface area contributed by atoms with Gasteiger partial charge in [-0.05, 0) is 48.9 Å². The highest BCUT2D eigenvalue weighted by Gasteiger charge is 2.42. The maximum absolute atomic E-state index is 13.4. The number of ether oxygens (including phenoxy) is 2. The van der Waals surface area contributed by atoms with Gasteiger partial charge in [0.15, 0.2) is 0 Å². The van der Waals surface area contributed by atoms with Crippen molar-refractivity contribution in [2.24, 2.45) is 29.5 Å². The summed E-state index contributed by atoms with van der Waals surface area (Å²) in [7, 11) is 0. The molecule has 3 aliphatic rings. The van der Waals surface area contributed by atoms with Crippen molar-refractivity contribution in [3.8, 4) is 0 Å². The van der Waals surface area contributed by atoms with Crippen molar-refractivity contribution in [3.63, 3.8) is 0 Å². The Morgan fingerprint density at radius 2 is 2.38 bits per heavy atom. The van der Waals surface area contributed by atoms with E-state index in [2.05, 4.69) is 0 Å². The Kier molecular flexibility index (Phi) is 3.16. The number of carbonyl (C=O) groups is 2. The lowest BCUT2D eigenvalue weighted by Gasteiger charge is -2.43. The van der Waals surface area contributed by atoms with E-state index in [-0.39, 0.29) is 19.3 Å². The van der Waals surface area contributed by atoms with E-state index >= 15 is 0 Å². The average molecular weight is 420 g/mol. The Balaban J connectivity index is 2.16. The van der Waals surface area contributed by atoms with Gasteiger partial charge >= 0.3 is 11.9 Å². The lowest BCUT2D eigenvalue weighted by Crippen LogP contribution is -2.42. The molecule has 29 heavy (non-hydrogen) atoms. The highest BCUT2D eigenvalue weighted by molar-refractivity contribution is 5.72. The quantitative estimate of drug-likeness (QED) is 0.653. The predicted octanol–water partition coefficient (Wildman–Crippen LogP) is 4.20. The zero-order valence-corrected chi connectivity index (χ0v) is 16.6. The van der Waals surface area contributed by atoms with Crippen LogP contribution in [-0.2, 0) is 19.1 Å². The first-order chi connectivity index (χ1) is 19.5. The second kappa shape index (κ2) is 9.46. The molecule has 0 spiro atoms. The van der Waals surface area contributed by atoms with Gasteiger partial charge in [0, 0.05) is 28.8 Å². The molecule has 0 amide bonds. The monoisotopic (exact) mass is 419 g/mol. The lowest BCUT2D eigenvalue weighted by atomic mass is 9.65. The van der Waals surface area contributed by atoms with Gasteiger partial charge in [-0.25, -0.2) is 0 Å². The highest BCUT2D eigenvalue weighted by atomic mass is 16.5. The fraction of sp³-hybridized carbons (Fsp3) is 0.750. The molecule has 2 unspecified atom stereocenters. The van der Waals surface area contributed by atoms with Crippen LogP contribution in [0.1, 0.15) is 86.6 Å². The van der Waals surface area contributed by atoms with E-state index < -0.39 is 109 Å². The number of cyclic esters (lactones) is 1. The van der Waals surface area contributed by atoms with Crippen LogP contribution in [-0.4, -0.2) is 35.4 Å². The Bertz CT molecular complexity index is 1270. The van der Waals surface area contributed by atoms with E-state index in [4.69, 9.17) is 30.0 Å². The van der Waals surface area contributed by atoms with Gasteiger partial charge in [0.05, 0.1) is 22.5 Å². The third-order valence-electron chi connectivity index (χ3n) is 5.30. The SMILES string of the molecule is [2H]C1=C([2H])[C@]([2H])(C)[C@H](CCC2C[C@@H](O)C([2H])([2H])C(=O)O2)[C@@H]2C1=C([2H])[C@]([2H])(C)C([2H])([2H])C2OC(=O)[C@@]([2H])(C)C([2H])([2H])C([2H])([2H])[2H]. The first-order valence-corrected chi connectivity index (χ1v) is 9.50. The molecule has 0 saturated carbocycles. The maximum Gasteiger partial charge on any atom is 0.308 e. The Morgan fingerprint density at radius 1 is 1.59 bits per heavy atom. The van der Waals surface area contributed by atoms with Crippen LogP contribution < -0.4 is 0 Å². The van der Waals surface area contributed by atoms with Crippen molar-refractivity contribution in [2.45, 2.75) is 84.3 Å². The third-order valence-corrected chi connectivity index (χ3v) is 5.30. The number of fused-ring (bicyclic) bond motifs is 1. The van der Waals surface area contributed by atoms with Crippen molar-refractivity contribution in [2.75, 3.05) is 0 Å². The molecular formula is C24H36O5. The number of rotatable bonds is 6. The minimum absolute atomic E-state index is 0.171. The Hall–Kier alpha value is -1.62. The van der Waals surface area contributed by atoms with Crippen LogP contribution in [0.2, 0.25) is 0 Å². The topological polar surface area (TPSA) is 72.8 Å². The number of esters is 2. The molecule has 0 radical (unpaired) electrons. The standard InChI is InChI=1S/C24H36O5/c1-5-15(3)24(27)29-21-11-14(2)10-17-7-6-16(4)20(23(17)21)9-8-19-12-18(25)13-22(26)28-19/h6-7,10,14-16,18-21,23,25H,5,8-9,11-13H2,1-4H3/t14-,15-,16-,18+,19?,20-,21?,23-/m0/s1/i1D3,5D2,6D,7D,10D,11D2,13D2,14D,15D,16D. The van der Waals surface area contributed by atoms with Crippen LogP contribution in [0.15, 0.2) is 23.7 Å². The number of aliphatic hydroxyl groups excluding tert-OH is 1. The van der Waals surface area contributed by atoms with Gasteiger partial charge in [-0.15, -0.1) is 0 Å². The summed E-state index contributed by atoms with van der Waals surface area (Å²) in [6, 6.07) is -2.04. The van der Waals surface area contributed by atoms with Crippen LogP contribution in [0.5, 0.6) is 0 Å². The van der Waals surface area contributed by atoms with Crippen molar-refractivity contribution >= 4 is 11.9 Å². The van der Waals surface area contributed by atoms with Crippen LogP contribution in [0.25, 0.3) is 0 Å². The molecule has 1 aliphatic heterocycles. The van der Waals surface area contributed by atoms with Gasteiger partial charge in [-0.1, -0.05) is 45.8 Å². The number of aliphatic hydroxyl groups is 1. The zero-order valence-electron chi connectivity index (χ0n) is 31.6. The first-order valence-electron chi connectivity index (χ1n) is 17.0. The van der Waals surface area contributed by atoms with Crippen molar-refractivity contribution < 1.29 is 44.7 Å². The lowest BCUT2D eigenvalue weighted by molar-refractivity contribution is -0.162. The normalized spacial score (nSPS) is 57.0. The summed E-state index contributed by atoms with van der Waals surface area (Å²) < 4.78 is 134. The Morgan fingerprint density at radius 3 is 3.10 bits per heavy atom. The minimum Gasteiger partial charge on any atom is -0.462 e. The summed E-state index contributed by atoms with van der Waals surface area (Å²) in [5.74, 6) is -13.7. The van der Waals surface area contributed by atoms with Gasteiger partial charge in [-0.3, -0.25) is 9.59 Å². The summed E-state index contributed by atoms with van der Waals surface area (Å²) in [5, 5.41) is 10.2. The molecule has 0 aromatic heterocycles. The van der Waals surface area contributed by atoms with Crippen LogP contribution in [0.3, 0.4) is 0 Å². The molecule has 1 saturated heterocycles. The number of allylic oxidation sites excluding steroid dienone is 3. The molecule has 5 heteroatoms. The first kappa shape index (κ1) is 9.67. The van der Waals surface area contributed by atoms with Gasteiger partial charge in [0.25, 0.3) is 0 Å². The molecular weight excluding hydrogens is 368 g/mol. The third kappa shape index (κ3) is 5.30. The molecule has 5 nitrogen and oxygen atoms in total. The number of hydrogen-bond acceptors (Lipinski definition) is 5. The average Bonchev–Trinajstić information content (AvgIpc) is 2.86. The summed E-state index contributed by atoms with van der Waals surface area (Å²) >= 11 is 0. The molecule has 1 fully saturated rings. The summed E-state index contributed by atoms with van der Waals surface area (Å²) in [5.41, 5.74) is -0.391. The molecule has 3 rings (SSSR count).